The van der Waals surface area contributed by atoms with E-state index >= 15 is 0 Å². The van der Waals surface area contributed by atoms with Gasteiger partial charge in [-0.05, 0) is 13.0 Å². The fourth-order valence-corrected chi connectivity index (χ4v) is 2.44. The monoisotopic (exact) mass is 228 g/mol. The van der Waals surface area contributed by atoms with E-state index in [0.717, 1.165) is 33.9 Å². The number of pyridine rings is 1. The van der Waals surface area contributed by atoms with Crippen molar-refractivity contribution >= 4 is 11.2 Å². The van der Waals surface area contributed by atoms with Crippen molar-refractivity contribution in [3.8, 4) is 22.8 Å². The maximum Gasteiger partial charge on any atom is 0.302 e. The van der Waals surface area contributed by atoms with E-state index in [0.29, 0.717) is 5.78 Å². The second-order valence-electron chi connectivity index (χ2n) is 4.23. The third-order valence-corrected chi connectivity index (χ3v) is 3.17. The van der Waals surface area contributed by atoms with Crippen molar-refractivity contribution in [1.82, 2.24) is 0 Å². The average molecular weight is 228 g/mol. The van der Waals surface area contributed by atoms with Gasteiger partial charge in [-0.3, -0.25) is 0 Å². The fraction of sp³-hybridized carbons (Fsp3) is 0.154. The van der Waals surface area contributed by atoms with Gasteiger partial charge in [-0.25, -0.2) is 0 Å². The first-order chi connectivity index (χ1) is 8.25. The van der Waals surface area contributed by atoms with Gasteiger partial charge in [-0.1, -0.05) is 0 Å². The minimum Gasteiger partial charge on any atom is -0.446 e. The van der Waals surface area contributed by atoms with Crippen molar-refractivity contribution in [3.05, 3.63) is 30.4 Å². The largest absolute Gasteiger partial charge is 0.446 e. The SMILES string of the molecule is Cc1oc2occ3c2c1-c1c(ccc[n+]1C)O3. The number of furan rings is 2. The lowest BCUT2D eigenvalue weighted by Gasteiger charge is -2.11. The molecule has 4 rings (SSSR count). The minimum atomic E-state index is 0.530. The maximum absolute atomic E-state index is 5.81. The zero-order valence-corrected chi connectivity index (χ0v) is 9.48. The zero-order valence-electron chi connectivity index (χ0n) is 9.48. The highest BCUT2D eigenvalue weighted by Crippen LogP contribution is 2.48. The van der Waals surface area contributed by atoms with Crippen LogP contribution in [0, 0.1) is 6.92 Å². The van der Waals surface area contributed by atoms with Gasteiger partial charge in [0.1, 0.15) is 30.0 Å². The molecule has 0 radical (unpaired) electrons. The number of nitrogens with zero attached hydrogens (tertiary/aromatic N) is 1. The number of ether oxygens (including phenoxy) is 1. The Bertz CT molecular complexity index is 751. The number of aromatic nitrogens is 1. The van der Waals surface area contributed by atoms with E-state index in [1.54, 1.807) is 6.26 Å². The predicted octanol–water partition coefficient (Wildman–Crippen LogP) is 2.93. The maximum atomic E-state index is 5.81. The number of aryl methyl sites for hydroxylation is 2. The molecular formula is C13H10NO3+. The summed E-state index contributed by atoms with van der Waals surface area (Å²) in [4.78, 5) is 0. The van der Waals surface area contributed by atoms with Crippen molar-refractivity contribution in [3.63, 3.8) is 0 Å². The Kier molecular flexibility index (Phi) is 1.42. The molecule has 1 aliphatic heterocycles. The van der Waals surface area contributed by atoms with Gasteiger partial charge in [0.05, 0.1) is 0 Å². The van der Waals surface area contributed by atoms with Crippen LogP contribution in [-0.4, -0.2) is 0 Å². The summed E-state index contributed by atoms with van der Waals surface area (Å²) in [6, 6.07) is 3.90. The smallest absolute Gasteiger partial charge is 0.302 e. The first-order valence-electron chi connectivity index (χ1n) is 5.43. The molecular weight excluding hydrogens is 218 g/mol. The van der Waals surface area contributed by atoms with Crippen LogP contribution >= 0.6 is 0 Å². The third kappa shape index (κ3) is 0.952. The molecule has 1 aliphatic rings. The molecule has 0 aromatic carbocycles. The molecule has 4 nitrogen and oxygen atoms in total. The highest BCUT2D eigenvalue weighted by atomic mass is 16.5. The molecule has 0 spiro atoms. The van der Waals surface area contributed by atoms with Crippen LogP contribution in [0.1, 0.15) is 5.76 Å². The summed E-state index contributed by atoms with van der Waals surface area (Å²) in [7, 11) is 1.99. The molecule has 0 fully saturated rings. The van der Waals surface area contributed by atoms with Crippen molar-refractivity contribution in [1.29, 1.82) is 0 Å². The highest BCUT2D eigenvalue weighted by molar-refractivity contribution is 5.99. The van der Waals surface area contributed by atoms with Gasteiger partial charge >= 0.3 is 5.78 Å². The van der Waals surface area contributed by atoms with Gasteiger partial charge in [-0.15, -0.1) is 0 Å². The molecule has 4 heteroatoms. The molecule has 0 unspecified atom stereocenters. The Hall–Kier alpha value is -2.23. The van der Waals surface area contributed by atoms with E-state index in [1.165, 1.54) is 0 Å². The zero-order chi connectivity index (χ0) is 11.6. The van der Waals surface area contributed by atoms with E-state index in [2.05, 4.69) is 0 Å². The molecule has 0 amide bonds. The molecule has 0 saturated heterocycles. The van der Waals surface area contributed by atoms with Crippen LogP contribution in [-0.2, 0) is 7.05 Å². The normalized spacial score (nSPS) is 12.6. The molecule has 0 atom stereocenters. The van der Waals surface area contributed by atoms with E-state index < -0.39 is 0 Å². The van der Waals surface area contributed by atoms with Gasteiger partial charge in [0.25, 0.3) is 5.69 Å². The van der Waals surface area contributed by atoms with Crippen LogP contribution in [0.3, 0.4) is 0 Å². The summed E-state index contributed by atoms with van der Waals surface area (Å²) < 4.78 is 18.8. The predicted molar refractivity (Wildman–Crippen MR) is 59.9 cm³/mol. The van der Waals surface area contributed by atoms with E-state index in [-0.39, 0.29) is 0 Å². The number of fused-ring (bicyclic) bond motifs is 2. The molecule has 84 valence electrons. The highest BCUT2D eigenvalue weighted by Gasteiger charge is 2.33. The Balaban J connectivity index is 2.24. The molecule has 3 aromatic rings. The van der Waals surface area contributed by atoms with Crippen LogP contribution in [0.15, 0.2) is 33.4 Å². The summed E-state index contributed by atoms with van der Waals surface area (Å²) in [5, 5.41) is 0.928. The number of rotatable bonds is 0. The first kappa shape index (κ1) is 8.87. The lowest BCUT2D eigenvalue weighted by atomic mass is 10.1. The van der Waals surface area contributed by atoms with E-state index in [4.69, 9.17) is 13.6 Å². The lowest BCUT2D eigenvalue weighted by molar-refractivity contribution is -0.660. The van der Waals surface area contributed by atoms with Crippen molar-refractivity contribution < 1.29 is 18.1 Å². The van der Waals surface area contributed by atoms with Gasteiger partial charge in [0.2, 0.25) is 0 Å². The minimum absolute atomic E-state index is 0.530. The molecule has 0 N–H and O–H groups in total. The quantitative estimate of drug-likeness (QED) is 0.434. The molecule has 0 bridgehead atoms. The summed E-state index contributed by atoms with van der Waals surface area (Å²) >= 11 is 0. The van der Waals surface area contributed by atoms with Crippen LogP contribution in [0.2, 0.25) is 0 Å². The summed E-state index contributed by atoms with van der Waals surface area (Å²) in [5.41, 5.74) is 2.09. The third-order valence-electron chi connectivity index (χ3n) is 3.17. The second-order valence-corrected chi connectivity index (χ2v) is 4.23. The topological polar surface area (TPSA) is 39.4 Å². The fourth-order valence-electron chi connectivity index (χ4n) is 2.44. The molecule has 17 heavy (non-hydrogen) atoms. The molecule has 0 aliphatic carbocycles. The Morgan fingerprint density at radius 2 is 2.12 bits per heavy atom. The van der Waals surface area contributed by atoms with E-state index in [9.17, 15) is 0 Å². The summed E-state index contributed by atoms with van der Waals surface area (Å²) in [6.07, 6.45) is 3.58. The van der Waals surface area contributed by atoms with Crippen LogP contribution in [0.25, 0.3) is 22.4 Å². The Morgan fingerprint density at radius 3 is 3.00 bits per heavy atom. The number of hydrogen-bond donors (Lipinski definition) is 0. The van der Waals surface area contributed by atoms with Crippen LogP contribution < -0.4 is 9.30 Å². The van der Waals surface area contributed by atoms with Crippen LogP contribution in [0.5, 0.6) is 11.5 Å². The van der Waals surface area contributed by atoms with Crippen molar-refractivity contribution in [2.24, 2.45) is 7.05 Å². The molecule has 3 aromatic heterocycles. The molecule has 0 saturated carbocycles. The standard InChI is InChI=1S/C13H10NO3/c1-7-10-11-9(6-15-13(11)16-7)17-8-4-3-5-14(2)12(8)10/h3-6H,1-2H3/q+1. The van der Waals surface area contributed by atoms with E-state index in [1.807, 2.05) is 36.9 Å². The van der Waals surface area contributed by atoms with Gasteiger partial charge in [0, 0.05) is 6.07 Å². The van der Waals surface area contributed by atoms with Gasteiger partial charge in [0.15, 0.2) is 17.7 Å². The van der Waals surface area contributed by atoms with Crippen LogP contribution in [0.4, 0.5) is 0 Å². The van der Waals surface area contributed by atoms with Crippen molar-refractivity contribution in [2.45, 2.75) is 6.92 Å². The Morgan fingerprint density at radius 1 is 1.24 bits per heavy atom. The number of hydrogen-bond acceptors (Lipinski definition) is 3. The summed E-state index contributed by atoms with van der Waals surface area (Å²) in [5.74, 6) is 2.94. The lowest BCUT2D eigenvalue weighted by Crippen LogP contribution is -2.31. The summed E-state index contributed by atoms with van der Waals surface area (Å²) in [6.45, 7) is 1.94. The van der Waals surface area contributed by atoms with Gasteiger partial charge in [-0.2, -0.15) is 4.57 Å². The first-order valence-corrected chi connectivity index (χ1v) is 5.43. The van der Waals surface area contributed by atoms with Crippen molar-refractivity contribution in [2.75, 3.05) is 0 Å². The van der Waals surface area contributed by atoms with Gasteiger partial charge < -0.3 is 13.6 Å². The molecule has 4 heterocycles. The second kappa shape index (κ2) is 2.71. The average Bonchev–Trinajstić information content (AvgIpc) is 2.84. The Labute approximate surface area is 97.0 Å².